The van der Waals surface area contributed by atoms with E-state index in [9.17, 15) is 10.1 Å². The summed E-state index contributed by atoms with van der Waals surface area (Å²) in [5, 5.41) is 10.4. The highest BCUT2D eigenvalue weighted by atomic mass is 32.2. The quantitative estimate of drug-likeness (QED) is 0.353. The summed E-state index contributed by atoms with van der Waals surface area (Å²) in [5.74, 6) is 0.902. The van der Waals surface area contributed by atoms with E-state index >= 15 is 0 Å². The summed E-state index contributed by atoms with van der Waals surface area (Å²) in [5.41, 5.74) is 16.7. The zero-order chi connectivity index (χ0) is 27.0. The monoisotopic (exact) mass is 519 g/mol. The number of carbonyl (C=O) groups is 1. The molecular formula is C33H33N3OS. The molecule has 1 atom stereocenters. The van der Waals surface area contributed by atoms with E-state index in [2.05, 4.69) is 69.3 Å². The molecule has 0 saturated heterocycles. The van der Waals surface area contributed by atoms with Crippen LogP contribution in [0.1, 0.15) is 58.6 Å². The highest BCUT2D eigenvalue weighted by Crippen LogP contribution is 2.47. The molecule has 0 aromatic heterocycles. The first-order chi connectivity index (χ1) is 18.3. The molecule has 2 N–H and O–H groups in total. The van der Waals surface area contributed by atoms with E-state index in [1.165, 1.54) is 16.0 Å². The smallest absolute Gasteiger partial charge is 0.161 e. The van der Waals surface area contributed by atoms with Gasteiger partial charge in [-0.2, -0.15) is 5.26 Å². The molecule has 0 fully saturated rings. The maximum Gasteiger partial charge on any atom is 0.161 e. The maximum atomic E-state index is 13.6. The third-order valence-electron chi connectivity index (χ3n) is 7.66. The van der Waals surface area contributed by atoms with Crippen molar-refractivity contribution in [3.63, 3.8) is 0 Å². The van der Waals surface area contributed by atoms with Gasteiger partial charge in [0.2, 0.25) is 0 Å². The number of benzene rings is 3. The van der Waals surface area contributed by atoms with Crippen molar-refractivity contribution in [1.82, 2.24) is 0 Å². The van der Waals surface area contributed by atoms with Crippen molar-refractivity contribution < 1.29 is 4.79 Å². The number of nitrogens with two attached hydrogens (primary N) is 1. The minimum atomic E-state index is -0.453. The lowest BCUT2D eigenvalue weighted by molar-refractivity contribution is -0.116. The number of aryl methyl sites for hydroxylation is 3. The summed E-state index contributed by atoms with van der Waals surface area (Å²) < 4.78 is 0. The lowest BCUT2D eigenvalue weighted by atomic mass is 9.73. The van der Waals surface area contributed by atoms with Crippen molar-refractivity contribution in [2.24, 2.45) is 5.73 Å². The molecule has 38 heavy (non-hydrogen) atoms. The standard InChI is InChI=1S/C33H33N3OS/c1-20-9-7-11-25(16-20)36-28-12-8-13-29(37)32(28)31(27(18-34)33(36)35)26-17-21(2)15-24(23(26)4)19-38-30-14-6-5-10-22(30)3/h5-7,9-11,14-17,31H,8,12-13,19,35H2,1-4H3. The maximum absolute atomic E-state index is 13.6. The van der Waals surface area contributed by atoms with E-state index in [1.807, 2.05) is 41.8 Å². The van der Waals surface area contributed by atoms with E-state index in [1.54, 1.807) is 0 Å². The highest BCUT2D eigenvalue weighted by Gasteiger charge is 2.41. The normalized spacial score (nSPS) is 17.5. The summed E-state index contributed by atoms with van der Waals surface area (Å²) >= 11 is 1.82. The number of Topliss-reactive ketones (excluding diaryl/α,β-unsaturated/α-hetero) is 1. The van der Waals surface area contributed by atoms with E-state index in [0.29, 0.717) is 17.8 Å². The number of anilines is 1. The van der Waals surface area contributed by atoms with Crippen LogP contribution < -0.4 is 10.6 Å². The van der Waals surface area contributed by atoms with Crippen LogP contribution in [0.5, 0.6) is 0 Å². The molecule has 192 valence electrons. The van der Waals surface area contributed by atoms with Gasteiger partial charge in [0.05, 0.1) is 17.6 Å². The van der Waals surface area contributed by atoms with Gasteiger partial charge in [-0.3, -0.25) is 9.69 Å². The topological polar surface area (TPSA) is 70.1 Å². The van der Waals surface area contributed by atoms with Crippen LogP contribution in [0.2, 0.25) is 0 Å². The molecule has 0 bridgehead atoms. The van der Waals surface area contributed by atoms with Gasteiger partial charge in [0.15, 0.2) is 5.78 Å². The summed E-state index contributed by atoms with van der Waals surface area (Å²) in [4.78, 5) is 16.8. The molecule has 1 heterocycles. The Morgan fingerprint density at radius 2 is 1.79 bits per heavy atom. The Labute approximate surface area is 229 Å². The molecule has 1 aliphatic heterocycles. The van der Waals surface area contributed by atoms with Crippen LogP contribution in [0.25, 0.3) is 0 Å². The molecule has 0 radical (unpaired) electrons. The number of nitrogens with zero attached hydrogens (tertiary/aromatic N) is 2. The second-order valence-electron chi connectivity index (χ2n) is 10.3. The largest absolute Gasteiger partial charge is 0.384 e. The molecule has 1 aliphatic carbocycles. The first-order valence-corrected chi connectivity index (χ1v) is 14.1. The number of thioether (sulfide) groups is 1. The zero-order valence-corrected chi connectivity index (χ0v) is 23.3. The van der Waals surface area contributed by atoms with E-state index < -0.39 is 5.92 Å². The fourth-order valence-corrected chi connectivity index (χ4v) is 6.83. The minimum absolute atomic E-state index is 0.117. The van der Waals surface area contributed by atoms with Crippen LogP contribution >= 0.6 is 11.8 Å². The second kappa shape index (κ2) is 10.6. The zero-order valence-electron chi connectivity index (χ0n) is 22.5. The summed E-state index contributed by atoms with van der Waals surface area (Å²) in [6.45, 7) is 8.38. The predicted molar refractivity (Wildman–Crippen MR) is 156 cm³/mol. The molecular weight excluding hydrogens is 486 g/mol. The minimum Gasteiger partial charge on any atom is -0.384 e. The fraction of sp³-hybridized carbons (Fsp3) is 0.273. The van der Waals surface area contributed by atoms with Crippen LogP contribution in [0.3, 0.4) is 0 Å². The molecule has 3 aromatic rings. The first-order valence-electron chi connectivity index (χ1n) is 13.1. The molecule has 0 saturated carbocycles. The lowest BCUT2D eigenvalue weighted by Gasteiger charge is -2.40. The Balaban J connectivity index is 1.65. The number of ketones is 1. The molecule has 2 aliphatic rings. The Kier molecular flexibility index (Phi) is 7.19. The van der Waals surface area contributed by atoms with Gasteiger partial charge in [-0.05, 0) is 86.6 Å². The third kappa shape index (κ3) is 4.66. The Morgan fingerprint density at radius 1 is 1.00 bits per heavy atom. The van der Waals surface area contributed by atoms with Crippen LogP contribution in [0, 0.1) is 39.0 Å². The van der Waals surface area contributed by atoms with Crippen molar-refractivity contribution >= 4 is 23.2 Å². The van der Waals surface area contributed by atoms with Gasteiger partial charge >= 0.3 is 0 Å². The van der Waals surface area contributed by atoms with Crippen molar-refractivity contribution in [1.29, 1.82) is 5.26 Å². The van der Waals surface area contributed by atoms with Gasteiger partial charge in [-0.25, -0.2) is 0 Å². The summed E-state index contributed by atoms with van der Waals surface area (Å²) in [7, 11) is 0. The molecule has 0 amide bonds. The van der Waals surface area contributed by atoms with Gasteiger partial charge in [0, 0.05) is 34.0 Å². The molecule has 4 nitrogen and oxygen atoms in total. The number of rotatable bonds is 5. The average molecular weight is 520 g/mol. The molecule has 5 rings (SSSR count). The van der Waals surface area contributed by atoms with Crippen molar-refractivity contribution in [2.45, 2.75) is 63.5 Å². The van der Waals surface area contributed by atoms with Crippen LogP contribution in [-0.4, -0.2) is 5.78 Å². The predicted octanol–water partition coefficient (Wildman–Crippen LogP) is 7.52. The number of hydrogen-bond donors (Lipinski definition) is 1. The molecule has 1 unspecified atom stereocenters. The Morgan fingerprint density at radius 3 is 2.53 bits per heavy atom. The Hall–Kier alpha value is -3.75. The van der Waals surface area contributed by atoms with Crippen molar-refractivity contribution in [3.05, 3.63) is 117 Å². The number of carbonyl (C=O) groups excluding carboxylic acids is 1. The SMILES string of the molecule is Cc1cccc(N2C(N)=C(C#N)C(c3cc(C)cc(CSc4ccccc4C)c3C)C3=C2CCCC3=O)c1. The van der Waals surface area contributed by atoms with Crippen molar-refractivity contribution in [3.8, 4) is 6.07 Å². The van der Waals surface area contributed by atoms with Crippen molar-refractivity contribution in [2.75, 3.05) is 4.90 Å². The van der Waals surface area contributed by atoms with Gasteiger partial charge < -0.3 is 5.73 Å². The molecule has 3 aromatic carbocycles. The van der Waals surface area contributed by atoms with Gasteiger partial charge in [0.25, 0.3) is 0 Å². The number of allylic oxidation sites excluding steroid dienone is 3. The van der Waals surface area contributed by atoms with E-state index in [4.69, 9.17) is 5.73 Å². The third-order valence-corrected chi connectivity index (χ3v) is 8.89. The first kappa shape index (κ1) is 25.9. The fourth-order valence-electron chi connectivity index (χ4n) is 5.75. The Bertz CT molecular complexity index is 1540. The van der Waals surface area contributed by atoms with E-state index in [0.717, 1.165) is 57.8 Å². The van der Waals surface area contributed by atoms with Crippen LogP contribution in [0.4, 0.5) is 5.69 Å². The van der Waals surface area contributed by atoms with Crippen LogP contribution in [0.15, 0.2) is 88.2 Å². The molecule has 5 heteroatoms. The van der Waals surface area contributed by atoms with Gasteiger partial charge in [0.1, 0.15) is 5.82 Å². The second-order valence-corrected chi connectivity index (χ2v) is 11.4. The summed E-state index contributed by atoms with van der Waals surface area (Å²) in [6.07, 6.45) is 2.04. The summed E-state index contributed by atoms with van der Waals surface area (Å²) in [6, 6.07) is 23.3. The van der Waals surface area contributed by atoms with Gasteiger partial charge in [-0.15, -0.1) is 11.8 Å². The highest BCUT2D eigenvalue weighted by molar-refractivity contribution is 7.98. The average Bonchev–Trinajstić information content (AvgIpc) is 2.89. The van der Waals surface area contributed by atoms with Gasteiger partial charge in [-0.1, -0.05) is 48.0 Å². The van der Waals surface area contributed by atoms with E-state index in [-0.39, 0.29) is 5.78 Å². The number of nitriles is 1. The lowest BCUT2D eigenvalue weighted by Crippen LogP contribution is -2.39. The number of hydrogen-bond acceptors (Lipinski definition) is 5. The van der Waals surface area contributed by atoms with Crippen LogP contribution in [-0.2, 0) is 10.5 Å². The molecule has 0 spiro atoms.